The van der Waals surface area contributed by atoms with Crippen molar-refractivity contribution in [2.75, 3.05) is 17.7 Å². The number of nitrogens with zero attached hydrogens (tertiary/aromatic N) is 3. The van der Waals surface area contributed by atoms with Gasteiger partial charge in [-0.2, -0.15) is 0 Å². The van der Waals surface area contributed by atoms with Crippen molar-refractivity contribution >= 4 is 17.5 Å². The van der Waals surface area contributed by atoms with Gasteiger partial charge in [0.15, 0.2) is 0 Å². The summed E-state index contributed by atoms with van der Waals surface area (Å²) in [5, 5.41) is 5.89. The lowest BCUT2D eigenvalue weighted by molar-refractivity contribution is 0.102. The second-order valence-corrected chi connectivity index (χ2v) is 5.63. The number of carbonyl (C=O) groups is 1. The Kier molecular flexibility index (Phi) is 5.38. The maximum Gasteiger partial charge on any atom is 0.258 e. The van der Waals surface area contributed by atoms with E-state index >= 15 is 0 Å². The van der Waals surface area contributed by atoms with Gasteiger partial charge in [0.05, 0.1) is 30.6 Å². The summed E-state index contributed by atoms with van der Waals surface area (Å²) in [6, 6.07) is 11.3. The lowest BCUT2D eigenvalue weighted by atomic mass is 10.2. The minimum atomic E-state index is -0.301. The monoisotopic (exact) mass is 349 g/mol. The molecule has 132 valence electrons. The molecule has 0 radical (unpaired) electrons. The zero-order chi connectivity index (χ0) is 18.4. The van der Waals surface area contributed by atoms with Gasteiger partial charge in [-0.1, -0.05) is 12.1 Å². The minimum absolute atomic E-state index is 0.301. The van der Waals surface area contributed by atoms with Crippen LogP contribution in [0.1, 0.15) is 21.6 Å². The summed E-state index contributed by atoms with van der Waals surface area (Å²) in [5.41, 5.74) is 2.86. The molecule has 0 aliphatic rings. The first-order valence-electron chi connectivity index (χ1n) is 8.07. The summed E-state index contributed by atoms with van der Waals surface area (Å²) in [7, 11) is 1.56. The van der Waals surface area contributed by atoms with E-state index < -0.39 is 0 Å². The van der Waals surface area contributed by atoms with Gasteiger partial charge in [-0.25, -0.2) is 9.97 Å². The Morgan fingerprint density at radius 3 is 2.62 bits per heavy atom. The van der Waals surface area contributed by atoms with Crippen molar-refractivity contribution in [3.8, 4) is 5.75 Å². The molecule has 0 fully saturated rings. The highest BCUT2D eigenvalue weighted by molar-refractivity contribution is 6.04. The number of methoxy groups -OCH3 is 1. The largest absolute Gasteiger partial charge is 0.495 e. The molecule has 0 aliphatic carbocycles. The molecule has 2 N–H and O–H groups in total. The Morgan fingerprint density at radius 2 is 1.92 bits per heavy atom. The van der Waals surface area contributed by atoms with Crippen LogP contribution in [0.2, 0.25) is 0 Å². The SMILES string of the molecule is COc1ccc(C)cc1NC(=O)c1cnc(NCc2ccccn2)nc1. The van der Waals surface area contributed by atoms with Gasteiger partial charge in [0, 0.05) is 18.6 Å². The molecule has 0 atom stereocenters. The molecule has 1 amide bonds. The third kappa shape index (κ3) is 4.32. The summed E-state index contributed by atoms with van der Waals surface area (Å²) >= 11 is 0. The van der Waals surface area contributed by atoms with Gasteiger partial charge < -0.3 is 15.4 Å². The molecule has 0 spiro atoms. The Labute approximate surface area is 151 Å². The van der Waals surface area contributed by atoms with Crippen molar-refractivity contribution in [3.05, 3.63) is 71.8 Å². The smallest absolute Gasteiger partial charge is 0.258 e. The number of ether oxygens (including phenoxy) is 1. The molecule has 0 aliphatic heterocycles. The number of rotatable bonds is 6. The van der Waals surface area contributed by atoms with Crippen LogP contribution in [0.25, 0.3) is 0 Å². The van der Waals surface area contributed by atoms with Gasteiger partial charge in [0.1, 0.15) is 5.75 Å². The van der Waals surface area contributed by atoms with Crippen molar-refractivity contribution < 1.29 is 9.53 Å². The van der Waals surface area contributed by atoms with Crippen molar-refractivity contribution in [1.82, 2.24) is 15.0 Å². The first-order chi connectivity index (χ1) is 12.7. The van der Waals surface area contributed by atoms with Crippen molar-refractivity contribution in [3.63, 3.8) is 0 Å². The molecule has 2 aromatic heterocycles. The fraction of sp³-hybridized carbons (Fsp3) is 0.158. The molecule has 3 aromatic rings. The topological polar surface area (TPSA) is 89.0 Å². The maximum absolute atomic E-state index is 12.4. The van der Waals surface area contributed by atoms with E-state index in [9.17, 15) is 4.79 Å². The summed E-state index contributed by atoms with van der Waals surface area (Å²) in [6.07, 6.45) is 4.68. The number of benzene rings is 1. The van der Waals surface area contributed by atoms with Crippen LogP contribution < -0.4 is 15.4 Å². The molecule has 0 saturated heterocycles. The van der Waals surface area contributed by atoms with E-state index in [1.165, 1.54) is 12.4 Å². The summed E-state index contributed by atoms with van der Waals surface area (Å²) in [4.78, 5) is 25.0. The number of pyridine rings is 1. The molecule has 26 heavy (non-hydrogen) atoms. The molecule has 0 saturated carbocycles. The fourth-order valence-corrected chi connectivity index (χ4v) is 2.32. The van der Waals surface area contributed by atoms with E-state index in [1.54, 1.807) is 13.3 Å². The minimum Gasteiger partial charge on any atom is -0.495 e. The van der Waals surface area contributed by atoms with Gasteiger partial charge in [-0.3, -0.25) is 9.78 Å². The third-order valence-corrected chi connectivity index (χ3v) is 3.67. The van der Waals surface area contributed by atoms with Crippen LogP contribution in [0, 0.1) is 6.92 Å². The molecular weight excluding hydrogens is 330 g/mol. The van der Waals surface area contributed by atoms with Crippen LogP contribution in [0.5, 0.6) is 5.75 Å². The van der Waals surface area contributed by atoms with Crippen LogP contribution in [-0.2, 0) is 6.54 Å². The second kappa shape index (κ2) is 8.06. The lowest BCUT2D eigenvalue weighted by Crippen LogP contribution is -2.14. The average Bonchev–Trinajstić information content (AvgIpc) is 2.68. The predicted molar refractivity (Wildman–Crippen MR) is 99.3 cm³/mol. The van der Waals surface area contributed by atoms with E-state index in [-0.39, 0.29) is 5.91 Å². The third-order valence-electron chi connectivity index (χ3n) is 3.67. The van der Waals surface area contributed by atoms with E-state index in [0.717, 1.165) is 11.3 Å². The first-order valence-corrected chi connectivity index (χ1v) is 8.07. The number of amides is 1. The summed E-state index contributed by atoms with van der Waals surface area (Å²) < 4.78 is 5.27. The van der Waals surface area contributed by atoms with Gasteiger partial charge >= 0.3 is 0 Å². The van der Waals surface area contributed by atoms with E-state index in [0.29, 0.717) is 29.5 Å². The number of anilines is 2. The number of nitrogens with one attached hydrogen (secondary N) is 2. The van der Waals surface area contributed by atoms with E-state index in [4.69, 9.17) is 4.74 Å². The van der Waals surface area contributed by atoms with E-state index in [2.05, 4.69) is 25.6 Å². The molecular formula is C19H19N5O2. The van der Waals surface area contributed by atoms with Crippen molar-refractivity contribution in [2.45, 2.75) is 13.5 Å². The summed E-state index contributed by atoms with van der Waals surface area (Å²) in [5.74, 6) is 0.726. The van der Waals surface area contributed by atoms with Crippen molar-refractivity contribution in [1.29, 1.82) is 0 Å². The molecule has 1 aromatic carbocycles. The quantitative estimate of drug-likeness (QED) is 0.711. The average molecular weight is 349 g/mol. The van der Waals surface area contributed by atoms with Gasteiger partial charge in [-0.15, -0.1) is 0 Å². The standard InChI is InChI=1S/C19H19N5O2/c1-13-6-7-17(26-2)16(9-13)24-18(25)14-10-21-19(22-11-14)23-12-15-5-3-4-8-20-15/h3-11H,12H2,1-2H3,(H,24,25)(H,21,22,23). The molecule has 7 heteroatoms. The molecule has 0 bridgehead atoms. The highest BCUT2D eigenvalue weighted by Gasteiger charge is 2.11. The number of aromatic nitrogens is 3. The Balaban J connectivity index is 1.64. The van der Waals surface area contributed by atoms with Crippen LogP contribution in [0.3, 0.4) is 0 Å². The molecule has 7 nitrogen and oxygen atoms in total. The van der Waals surface area contributed by atoms with E-state index in [1.807, 2.05) is 43.3 Å². The second-order valence-electron chi connectivity index (χ2n) is 5.63. The van der Waals surface area contributed by atoms with Crippen LogP contribution >= 0.6 is 0 Å². The van der Waals surface area contributed by atoms with Gasteiger partial charge in [0.2, 0.25) is 5.95 Å². The lowest BCUT2D eigenvalue weighted by Gasteiger charge is -2.11. The highest BCUT2D eigenvalue weighted by Crippen LogP contribution is 2.25. The van der Waals surface area contributed by atoms with Crippen LogP contribution in [0.4, 0.5) is 11.6 Å². The fourth-order valence-electron chi connectivity index (χ4n) is 2.32. The normalized spacial score (nSPS) is 10.2. The Hall–Kier alpha value is -3.48. The number of aryl methyl sites for hydroxylation is 1. The van der Waals surface area contributed by atoms with Gasteiger partial charge in [0.25, 0.3) is 5.91 Å². The zero-order valence-corrected chi connectivity index (χ0v) is 14.6. The Morgan fingerprint density at radius 1 is 1.12 bits per heavy atom. The molecule has 0 unspecified atom stereocenters. The molecule has 3 rings (SSSR count). The Bertz CT molecular complexity index is 882. The summed E-state index contributed by atoms with van der Waals surface area (Å²) in [6.45, 7) is 2.45. The first kappa shape index (κ1) is 17.3. The van der Waals surface area contributed by atoms with Crippen LogP contribution in [0.15, 0.2) is 55.0 Å². The maximum atomic E-state index is 12.4. The van der Waals surface area contributed by atoms with Gasteiger partial charge in [-0.05, 0) is 36.8 Å². The zero-order valence-electron chi connectivity index (χ0n) is 14.6. The number of hydrogen-bond acceptors (Lipinski definition) is 6. The number of hydrogen-bond donors (Lipinski definition) is 2. The predicted octanol–water partition coefficient (Wildman–Crippen LogP) is 3.05. The highest BCUT2D eigenvalue weighted by atomic mass is 16.5. The number of carbonyl (C=O) groups excluding carboxylic acids is 1. The van der Waals surface area contributed by atoms with Crippen molar-refractivity contribution in [2.24, 2.45) is 0 Å². The van der Waals surface area contributed by atoms with Crippen LogP contribution in [-0.4, -0.2) is 28.0 Å². The molecule has 2 heterocycles.